The summed E-state index contributed by atoms with van der Waals surface area (Å²) in [5.74, 6) is 0. The molecule has 0 saturated carbocycles. The average molecular weight is 705 g/mol. The maximum atomic E-state index is 6.94. The van der Waals surface area contributed by atoms with Gasteiger partial charge in [-0.3, -0.25) is 0 Å². The normalized spacial score (nSPS) is 11.3. The molecule has 0 N–H and O–H groups in total. The van der Waals surface area contributed by atoms with E-state index in [1.807, 2.05) is 0 Å². The highest BCUT2D eigenvalue weighted by Crippen LogP contribution is 2.54. The number of furan rings is 1. The molecule has 9 aromatic carbocycles. The SMILES string of the molecule is c1ccc(-c2ccccc2N(c2ccccc2)c2ccc3oc4c5ccccc5ccc4c3c2N(c2ccccc2)c2ccccc2-c2ccccc2)cc1. The van der Waals surface area contributed by atoms with Crippen LogP contribution in [0.15, 0.2) is 223 Å². The van der Waals surface area contributed by atoms with Crippen molar-refractivity contribution in [3.8, 4) is 22.3 Å². The van der Waals surface area contributed by atoms with Crippen molar-refractivity contribution >= 4 is 66.8 Å². The van der Waals surface area contributed by atoms with Crippen molar-refractivity contribution in [3.63, 3.8) is 0 Å². The molecule has 0 saturated heterocycles. The van der Waals surface area contributed by atoms with Gasteiger partial charge in [0.15, 0.2) is 0 Å². The second kappa shape index (κ2) is 13.9. The Bertz CT molecular complexity index is 2920. The van der Waals surface area contributed by atoms with Gasteiger partial charge in [-0.1, -0.05) is 164 Å². The van der Waals surface area contributed by atoms with Crippen molar-refractivity contribution in [1.82, 2.24) is 0 Å². The van der Waals surface area contributed by atoms with Gasteiger partial charge in [0.1, 0.15) is 11.2 Å². The maximum Gasteiger partial charge on any atom is 0.143 e. The molecule has 10 aromatic rings. The van der Waals surface area contributed by atoms with E-state index in [-0.39, 0.29) is 0 Å². The topological polar surface area (TPSA) is 19.6 Å². The van der Waals surface area contributed by atoms with Crippen LogP contribution < -0.4 is 9.80 Å². The monoisotopic (exact) mass is 704 g/mol. The lowest BCUT2D eigenvalue weighted by Crippen LogP contribution is -2.18. The number of para-hydroxylation sites is 4. The van der Waals surface area contributed by atoms with Crippen LogP contribution in [0.4, 0.5) is 34.1 Å². The van der Waals surface area contributed by atoms with Gasteiger partial charge in [0.05, 0.1) is 28.1 Å². The Morgan fingerprint density at radius 2 is 0.818 bits per heavy atom. The van der Waals surface area contributed by atoms with Gasteiger partial charge < -0.3 is 14.2 Å². The summed E-state index contributed by atoms with van der Waals surface area (Å²) in [6, 6.07) is 77.5. The average Bonchev–Trinajstić information content (AvgIpc) is 3.66. The number of fused-ring (bicyclic) bond motifs is 5. The van der Waals surface area contributed by atoms with E-state index >= 15 is 0 Å². The molecule has 0 aliphatic rings. The van der Waals surface area contributed by atoms with Crippen LogP contribution >= 0.6 is 0 Å². The van der Waals surface area contributed by atoms with Crippen molar-refractivity contribution in [2.75, 3.05) is 9.80 Å². The molecule has 0 bridgehead atoms. The van der Waals surface area contributed by atoms with E-state index in [2.05, 4.69) is 228 Å². The van der Waals surface area contributed by atoms with E-state index in [0.717, 1.165) is 89.1 Å². The molecule has 3 nitrogen and oxygen atoms in total. The minimum atomic E-state index is 0.826. The standard InChI is InChI=1S/C52H36N2O/c1-5-19-37(20-6-1)42-28-15-17-31-46(42)53(40-24-9-3-10-25-40)48-35-36-49-50(45-34-33-39-23-13-14-30-44(39)52(45)55-49)51(48)54(41-26-11-4-12-27-41)47-32-18-16-29-43(47)38-21-7-2-8-22-38/h1-36H. The lowest BCUT2D eigenvalue weighted by molar-refractivity contribution is 0.672. The summed E-state index contributed by atoms with van der Waals surface area (Å²) in [6.07, 6.45) is 0. The fourth-order valence-corrected chi connectivity index (χ4v) is 7.99. The van der Waals surface area contributed by atoms with Crippen LogP contribution in [0.3, 0.4) is 0 Å². The molecule has 3 heteroatoms. The molecule has 0 atom stereocenters. The van der Waals surface area contributed by atoms with E-state index < -0.39 is 0 Å². The molecule has 0 unspecified atom stereocenters. The fourth-order valence-electron chi connectivity index (χ4n) is 7.99. The summed E-state index contributed by atoms with van der Waals surface area (Å²) >= 11 is 0. The van der Waals surface area contributed by atoms with Crippen LogP contribution in [0.5, 0.6) is 0 Å². The molecular weight excluding hydrogens is 669 g/mol. The predicted octanol–water partition coefficient (Wildman–Crippen LogP) is 15.0. The summed E-state index contributed by atoms with van der Waals surface area (Å²) in [6.45, 7) is 0. The highest BCUT2D eigenvalue weighted by molar-refractivity contribution is 6.22. The number of benzene rings is 9. The molecule has 0 fully saturated rings. The van der Waals surface area contributed by atoms with Crippen LogP contribution in [-0.4, -0.2) is 0 Å². The van der Waals surface area contributed by atoms with Gasteiger partial charge >= 0.3 is 0 Å². The van der Waals surface area contributed by atoms with Crippen molar-refractivity contribution in [1.29, 1.82) is 0 Å². The minimum absolute atomic E-state index is 0.826. The first-order chi connectivity index (χ1) is 27.3. The largest absolute Gasteiger partial charge is 0.455 e. The first-order valence-electron chi connectivity index (χ1n) is 18.7. The quantitative estimate of drug-likeness (QED) is 0.157. The summed E-state index contributed by atoms with van der Waals surface area (Å²) in [5.41, 5.74) is 12.5. The maximum absolute atomic E-state index is 6.94. The Kier molecular flexibility index (Phi) is 8.16. The number of hydrogen-bond acceptors (Lipinski definition) is 3. The molecule has 0 radical (unpaired) electrons. The Balaban J connectivity index is 1.37. The van der Waals surface area contributed by atoms with E-state index in [1.165, 1.54) is 0 Å². The highest BCUT2D eigenvalue weighted by atomic mass is 16.3. The molecule has 0 amide bonds. The fraction of sp³-hybridized carbons (Fsp3) is 0. The van der Waals surface area contributed by atoms with Gasteiger partial charge in [-0.15, -0.1) is 0 Å². The Hall–Kier alpha value is -7.36. The van der Waals surface area contributed by atoms with Gasteiger partial charge in [-0.2, -0.15) is 0 Å². The molecular formula is C52H36N2O. The number of nitrogens with zero attached hydrogens (tertiary/aromatic N) is 2. The predicted molar refractivity (Wildman–Crippen MR) is 231 cm³/mol. The lowest BCUT2D eigenvalue weighted by Gasteiger charge is -2.35. The Morgan fingerprint density at radius 3 is 1.44 bits per heavy atom. The van der Waals surface area contributed by atoms with Crippen molar-refractivity contribution in [2.24, 2.45) is 0 Å². The van der Waals surface area contributed by atoms with Gasteiger partial charge in [0.2, 0.25) is 0 Å². The second-order valence-electron chi connectivity index (χ2n) is 13.7. The third kappa shape index (κ3) is 5.70. The molecule has 260 valence electrons. The van der Waals surface area contributed by atoms with E-state index in [0.29, 0.717) is 0 Å². The number of rotatable bonds is 8. The third-order valence-electron chi connectivity index (χ3n) is 10.4. The molecule has 0 aliphatic heterocycles. The number of hydrogen-bond donors (Lipinski definition) is 0. The van der Waals surface area contributed by atoms with Crippen LogP contribution in [0, 0.1) is 0 Å². The van der Waals surface area contributed by atoms with Gasteiger partial charge in [-0.05, 0) is 71.1 Å². The lowest BCUT2D eigenvalue weighted by atomic mass is 9.98. The zero-order valence-electron chi connectivity index (χ0n) is 30.1. The van der Waals surface area contributed by atoms with Crippen molar-refractivity contribution < 1.29 is 4.42 Å². The number of anilines is 6. The van der Waals surface area contributed by atoms with E-state index in [4.69, 9.17) is 4.42 Å². The molecule has 10 rings (SSSR count). The van der Waals surface area contributed by atoms with Gasteiger partial charge in [0.25, 0.3) is 0 Å². The molecule has 1 heterocycles. The first-order valence-corrected chi connectivity index (χ1v) is 18.7. The Morgan fingerprint density at radius 1 is 0.327 bits per heavy atom. The smallest absolute Gasteiger partial charge is 0.143 e. The summed E-state index contributed by atoms with van der Waals surface area (Å²) in [4.78, 5) is 4.85. The minimum Gasteiger partial charge on any atom is -0.455 e. The van der Waals surface area contributed by atoms with Gasteiger partial charge in [0, 0.05) is 33.3 Å². The second-order valence-corrected chi connectivity index (χ2v) is 13.7. The van der Waals surface area contributed by atoms with Crippen LogP contribution in [0.25, 0.3) is 55.0 Å². The Labute approximate surface area is 320 Å². The summed E-state index contributed by atoms with van der Waals surface area (Å²) in [7, 11) is 0. The summed E-state index contributed by atoms with van der Waals surface area (Å²) in [5, 5.41) is 4.35. The zero-order chi connectivity index (χ0) is 36.6. The molecule has 1 aromatic heterocycles. The van der Waals surface area contributed by atoms with Crippen molar-refractivity contribution in [3.05, 3.63) is 218 Å². The first kappa shape index (κ1) is 32.3. The van der Waals surface area contributed by atoms with Crippen LogP contribution in [0.1, 0.15) is 0 Å². The van der Waals surface area contributed by atoms with Crippen LogP contribution in [-0.2, 0) is 0 Å². The van der Waals surface area contributed by atoms with E-state index in [9.17, 15) is 0 Å². The molecule has 55 heavy (non-hydrogen) atoms. The molecule has 0 aliphatic carbocycles. The third-order valence-corrected chi connectivity index (χ3v) is 10.4. The van der Waals surface area contributed by atoms with Gasteiger partial charge in [-0.25, -0.2) is 0 Å². The van der Waals surface area contributed by atoms with Crippen molar-refractivity contribution in [2.45, 2.75) is 0 Å². The van der Waals surface area contributed by atoms with E-state index in [1.54, 1.807) is 0 Å². The highest BCUT2D eigenvalue weighted by Gasteiger charge is 2.29. The molecule has 0 spiro atoms. The summed E-state index contributed by atoms with van der Waals surface area (Å²) < 4.78 is 6.94. The zero-order valence-corrected chi connectivity index (χ0v) is 30.1. The van der Waals surface area contributed by atoms with Crippen LogP contribution in [0.2, 0.25) is 0 Å².